The molecule has 1 atom stereocenters. The Hall–Kier alpha value is -0.260. The molecule has 3 N–H and O–H groups in total. The molecular weight excluding hydrogens is 156 g/mol. The standard InChI is InChI=1S/C6H13F2NO2/c7-6(8)4-11-2-1-5(10)3-9/h5-6,10H,1-4,9H2. The van der Waals surface area contributed by atoms with E-state index in [-0.39, 0.29) is 13.2 Å². The van der Waals surface area contributed by atoms with E-state index in [2.05, 4.69) is 4.74 Å². The fourth-order valence-corrected chi connectivity index (χ4v) is 0.510. The molecule has 0 amide bonds. The molecule has 0 fully saturated rings. The number of hydrogen-bond donors (Lipinski definition) is 2. The Labute approximate surface area is 64.1 Å². The van der Waals surface area contributed by atoms with E-state index in [0.29, 0.717) is 6.42 Å². The minimum absolute atomic E-state index is 0.128. The summed E-state index contributed by atoms with van der Waals surface area (Å²) in [7, 11) is 0. The largest absolute Gasteiger partial charge is 0.392 e. The third kappa shape index (κ3) is 7.64. The molecule has 0 heterocycles. The number of nitrogens with two attached hydrogens (primary N) is 1. The molecule has 0 rings (SSSR count). The lowest BCUT2D eigenvalue weighted by molar-refractivity contribution is 0.00593. The van der Waals surface area contributed by atoms with Crippen molar-refractivity contribution in [3.8, 4) is 0 Å². The van der Waals surface area contributed by atoms with Gasteiger partial charge < -0.3 is 15.6 Å². The second-order valence-corrected chi connectivity index (χ2v) is 2.14. The lowest BCUT2D eigenvalue weighted by Crippen LogP contribution is -2.21. The van der Waals surface area contributed by atoms with Gasteiger partial charge in [0.05, 0.1) is 6.10 Å². The van der Waals surface area contributed by atoms with E-state index in [0.717, 1.165) is 0 Å². The second kappa shape index (κ2) is 6.45. The Morgan fingerprint density at radius 2 is 2.09 bits per heavy atom. The highest BCUT2D eigenvalue weighted by molar-refractivity contribution is 4.53. The van der Waals surface area contributed by atoms with E-state index < -0.39 is 19.1 Å². The third-order valence-corrected chi connectivity index (χ3v) is 1.11. The Bertz CT molecular complexity index is 92.7. The highest BCUT2D eigenvalue weighted by atomic mass is 19.3. The Balaban J connectivity index is 3.01. The molecule has 0 saturated heterocycles. The maximum atomic E-state index is 11.4. The minimum atomic E-state index is -2.44. The summed E-state index contributed by atoms with van der Waals surface area (Å²) in [6, 6.07) is 0. The topological polar surface area (TPSA) is 55.5 Å². The molecule has 0 aromatic heterocycles. The van der Waals surface area contributed by atoms with Crippen molar-refractivity contribution < 1.29 is 18.6 Å². The molecule has 1 unspecified atom stereocenters. The summed E-state index contributed by atoms with van der Waals surface area (Å²) >= 11 is 0. The SMILES string of the molecule is NCC(O)CCOCC(F)F. The van der Waals surface area contributed by atoms with Crippen molar-refractivity contribution in [1.29, 1.82) is 0 Å². The van der Waals surface area contributed by atoms with Crippen LogP contribution in [0.1, 0.15) is 6.42 Å². The van der Waals surface area contributed by atoms with Gasteiger partial charge in [-0.15, -0.1) is 0 Å². The molecule has 0 spiro atoms. The zero-order valence-corrected chi connectivity index (χ0v) is 6.17. The number of halogens is 2. The number of hydrogen-bond acceptors (Lipinski definition) is 3. The number of rotatable bonds is 6. The summed E-state index contributed by atoms with van der Waals surface area (Å²) in [6.07, 6.45) is -2.78. The molecule has 68 valence electrons. The fourth-order valence-electron chi connectivity index (χ4n) is 0.510. The second-order valence-electron chi connectivity index (χ2n) is 2.14. The van der Waals surface area contributed by atoms with E-state index in [1.165, 1.54) is 0 Å². The van der Waals surface area contributed by atoms with Gasteiger partial charge in [-0.05, 0) is 6.42 Å². The summed E-state index contributed by atoms with van der Waals surface area (Å²) in [5.74, 6) is 0. The molecule has 0 aromatic rings. The van der Waals surface area contributed by atoms with Gasteiger partial charge in [0, 0.05) is 13.2 Å². The number of alkyl halides is 2. The van der Waals surface area contributed by atoms with E-state index >= 15 is 0 Å². The van der Waals surface area contributed by atoms with Crippen LogP contribution >= 0.6 is 0 Å². The van der Waals surface area contributed by atoms with E-state index in [4.69, 9.17) is 10.8 Å². The van der Waals surface area contributed by atoms with Crippen LogP contribution in [0.15, 0.2) is 0 Å². The molecule has 5 heteroatoms. The average molecular weight is 169 g/mol. The van der Waals surface area contributed by atoms with Gasteiger partial charge in [-0.3, -0.25) is 0 Å². The molecule has 0 saturated carbocycles. The summed E-state index contributed by atoms with van der Waals surface area (Å²) in [5, 5.41) is 8.83. The summed E-state index contributed by atoms with van der Waals surface area (Å²) in [5.41, 5.74) is 5.06. The quantitative estimate of drug-likeness (QED) is 0.549. The van der Waals surface area contributed by atoms with Crippen molar-refractivity contribution in [3.05, 3.63) is 0 Å². The lowest BCUT2D eigenvalue weighted by Gasteiger charge is -2.07. The monoisotopic (exact) mass is 169 g/mol. The van der Waals surface area contributed by atoms with Crippen LogP contribution in [0.25, 0.3) is 0 Å². The van der Waals surface area contributed by atoms with Crippen molar-refractivity contribution in [2.24, 2.45) is 5.73 Å². The highest BCUT2D eigenvalue weighted by Gasteiger charge is 2.03. The van der Waals surface area contributed by atoms with Gasteiger partial charge in [-0.1, -0.05) is 0 Å². The van der Waals surface area contributed by atoms with E-state index in [1.54, 1.807) is 0 Å². The maximum Gasteiger partial charge on any atom is 0.261 e. The minimum Gasteiger partial charge on any atom is -0.392 e. The van der Waals surface area contributed by atoms with Crippen LogP contribution in [0, 0.1) is 0 Å². The first-order valence-corrected chi connectivity index (χ1v) is 3.40. The highest BCUT2D eigenvalue weighted by Crippen LogP contribution is 1.95. The first kappa shape index (κ1) is 10.7. The third-order valence-electron chi connectivity index (χ3n) is 1.11. The molecular formula is C6H13F2NO2. The molecule has 0 bridgehead atoms. The smallest absolute Gasteiger partial charge is 0.261 e. The number of ether oxygens (including phenoxy) is 1. The number of aliphatic hydroxyl groups excluding tert-OH is 1. The first-order valence-electron chi connectivity index (χ1n) is 3.40. The summed E-state index contributed by atoms with van der Waals surface area (Å²) in [6.45, 7) is -0.308. The predicted octanol–water partition coefficient (Wildman–Crippen LogP) is -0.0222. The van der Waals surface area contributed by atoms with E-state index in [9.17, 15) is 8.78 Å². The molecule has 0 aliphatic heterocycles. The number of aliphatic hydroxyl groups is 1. The van der Waals surface area contributed by atoms with Gasteiger partial charge in [0.1, 0.15) is 6.61 Å². The average Bonchev–Trinajstić information content (AvgIpc) is 1.97. The summed E-state index contributed by atoms with van der Waals surface area (Å²) < 4.78 is 27.4. The van der Waals surface area contributed by atoms with Crippen LogP contribution in [0.3, 0.4) is 0 Å². The Morgan fingerprint density at radius 3 is 2.55 bits per heavy atom. The van der Waals surface area contributed by atoms with Crippen LogP contribution in [0.4, 0.5) is 8.78 Å². The first-order chi connectivity index (χ1) is 5.16. The van der Waals surface area contributed by atoms with Crippen molar-refractivity contribution >= 4 is 0 Å². The zero-order valence-electron chi connectivity index (χ0n) is 6.17. The van der Waals surface area contributed by atoms with Crippen LogP contribution in [0.5, 0.6) is 0 Å². The van der Waals surface area contributed by atoms with Gasteiger partial charge in [0.25, 0.3) is 6.43 Å². The molecule has 3 nitrogen and oxygen atoms in total. The lowest BCUT2D eigenvalue weighted by atomic mass is 10.3. The molecule has 0 aliphatic carbocycles. The Morgan fingerprint density at radius 1 is 1.45 bits per heavy atom. The Kier molecular flexibility index (Phi) is 6.30. The van der Waals surface area contributed by atoms with Crippen LogP contribution in [0.2, 0.25) is 0 Å². The van der Waals surface area contributed by atoms with Gasteiger partial charge in [-0.25, -0.2) is 8.78 Å². The maximum absolute atomic E-state index is 11.4. The van der Waals surface area contributed by atoms with Crippen molar-refractivity contribution in [3.63, 3.8) is 0 Å². The molecule has 11 heavy (non-hydrogen) atoms. The summed E-state index contributed by atoms with van der Waals surface area (Å²) in [4.78, 5) is 0. The van der Waals surface area contributed by atoms with Gasteiger partial charge >= 0.3 is 0 Å². The van der Waals surface area contributed by atoms with Crippen molar-refractivity contribution in [2.75, 3.05) is 19.8 Å². The van der Waals surface area contributed by atoms with Crippen LogP contribution in [-0.2, 0) is 4.74 Å². The fraction of sp³-hybridized carbons (Fsp3) is 1.00. The van der Waals surface area contributed by atoms with Gasteiger partial charge in [0.2, 0.25) is 0 Å². The van der Waals surface area contributed by atoms with Gasteiger partial charge in [0.15, 0.2) is 0 Å². The molecule has 0 aromatic carbocycles. The zero-order chi connectivity index (χ0) is 8.69. The molecule has 0 aliphatic rings. The van der Waals surface area contributed by atoms with Gasteiger partial charge in [-0.2, -0.15) is 0 Å². The molecule has 0 radical (unpaired) electrons. The predicted molar refractivity (Wildman–Crippen MR) is 36.5 cm³/mol. The van der Waals surface area contributed by atoms with Crippen molar-refractivity contribution in [2.45, 2.75) is 19.0 Å². The van der Waals surface area contributed by atoms with Crippen LogP contribution in [-0.4, -0.2) is 37.4 Å². The normalized spacial score (nSPS) is 13.9. The van der Waals surface area contributed by atoms with Crippen molar-refractivity contribution in [1.82, 2.24) is 0 Å². The van der Waals surface area contributed by atoms with E-state index in [1.807, 2.05) is 0 Å². The van der Waals surface area contributed by atoms with Crippen LogP contribution < -0.4 is 5.73 Å².